The largest absolute Gasteiger partial charge is 0.451 e. The number of para-hydroxylation sites is 2. The number of hydrogen-bond acceptors (Lipinski definition) is 1. The van der Waals surface area contributed by atoms with Crippen molar-refractivity contribution in [3.63, 3.8) is 0 Å². The van der Waals surface area contributed by atoms with Crippen LogP contribution in [0, 0.1) is 17.7 Å². The average molecular weight is 205 g/mol. The summed E-state index contributed by atoms with van der Waals surface area (Å²) in [6, 6.07) is 12.9. The molecule has 0 unspecified atom stereocenters. The van der Waals surface area contributed by atoms with Crippen LogP contribution in [0.25, 0.3) is 0 Å². The molecule has 0 N–H and O–H groups in total. The molecule has 0 aliphatic heterocycles. The molecule has 0 aliphatic carbocycles. The summed E-state index contributed by atoms with van der Waals surface area (Å²) in [4.78, 5) is 0. The van der Waals surface area contributed by atoms with E-state index in [4.69, 9.17) is 4.74 Å². The van der Waals surface area contributed by atoms with Gasteiger partial charge in [0.15, 0.2) is 17.4 Å². The van der Waals surface area contributed by atoms with Crippen LogP contribution in [-0.2, 0) is 0 Å². The third-order valence-corrected chi connectivity index (χ3v) is 1.81. The SMILES string of the molecule is Fc1cccc(F)c1Oc1[c]cccc1. The number of ether oxygens (including phenoxy) is 1. The lowest BCUT2D eigenvalue weighted by molar-refractivity contribution is 0.407. The number of hydrogen-bond donors (Lipinski definition) is 0. The summed E-state index contributed by atoms with van der Waals surface area (Å²) in [6.45, 7) is 0. The Hall–Kier alpha value is -1.90. The summed E-state index contributed by atoms with van der Waals surface area (Å²) < 4.78 is 31.3. The van der Waals surface area contributed by atoms with Crippen molar-refractivity contribution >= 4 is 0 Å². The predicted octanol–water partition coefficient (Wildman–Crippen LogP) is 3.56. The highest BCUT2D eigenvalue weighted by Crippen LogP contribution is 2.26. The Bertz CT molecular complexity index is 434. The lowest BCUT2D eigenvalue weighted by Gasteiger charge is -2.06. The first-order chi connectivity index (χ1) is 7.27. The molecule has 0 aromatic heterocycles. The second-order valence-corrected chi connectivity index (χ2v) is 2.88. The quantitative estimate of drug-likeness (QED) is 0.728. The van der Waals surface area contributed by atoms with E-state index in [0.29, 0.717) is 0 Å². The smallest absolute Gasteiger partial charge is 0.198 e. The molecule has 3 heteroatoms. The van der Waals surface area contributed by atoms with Gasteiger partial charge >= 0.3 is 0 Å². The first-order valence-corrected chi connectivity index (χ1v) is 4.36. The molecule has 0 saturated heterocycles. The van der Waals surface area contributed by atoms with Crippen molar-refractivity contribution in [3.8, 4) is 11.5 Å². The lowest BCUT2D eigenvalue weighted by atomic mass is 10.3. The summed E-state index contributed by atoms with van der Waals surface area (Å²) in [5, 5.41) is 0. The van der Waals surface area contributed by atoms with Crippen LogP contribution in [0.1, 0.15) is 0 Å². The number of halogens is 2. The van der Waals surface area contributed by atoms with Crippen molar-refractivity contribution < 1.29 is 13.5 Å². The third-order valence-electron chi connectivity index (χ3n) is 1.81. The molecule has 15 heavy (non-hydrogen) atoms. The fraction of sp³-hybridized carbons (Fsp3) is 0. The highest BCUT2D eigenvalue weighted by molar-refractivity contribution is 5.32. The number of rotatable bonds is 2. The van der Waals surface area contributed by atoms with E-state index in [1.165, 1.54) is 6.07 Å². The van der Waals surface area contributed by atoms with Gasteiger partial charge in [0.2, 0.25) is 0 Å². The van der Waals surface area contributed by atoms with Crippen LogP contribution in [0.4, 0.5) is 8.78 Å². The predicted molar refractivity (Wildman–Crippen MR) is 51.7 cm³/mol. The first kappa shape index (κ1) is 9.65. The van der Waals surface area contributed by atoms with Gasteiger partial charge in [-0.15, -0.1) is 0 Å². The summed E-state index contributed by atoms with van der Waals surface area (Å²) in [5.74, 6) is -1.58. The van der Waals surface area contributed by atoms with Crippen LogP contribution < -0.4 is 4.74 Å². The van der Waals surface area contributed by atoms with Crippen LogP contribution in [0.2, 0.25) is 0 Å². The van der Waals surface area contributed by atoms with E-state index in [-0.39, 0.29) is 5.75 Å². The maximum atomic E-state index is 13.2. The van der Waals surface area contributed by atoms with E-state index in [9.17, 15) is 8.78 Å². The van der Waals surface area contributed by atoms with Crippen LogP contribution >= 0.6 is 0 Å². The van der Waals surface area contributed by atoms with Crippen LogP contribution in [-0.4, -0.2) is 0 Å². The number of benzene rings is 2. The molecule has 0 aliphatic rings. The molecular weight excluding hydrogens is 198 g/mol. The molecular formula is C12H7F2O. The molecule has 1 radical (unpaired) electrons. The summed E-state index contributed by atoms with van der Waals surface area (Å²) in [5.41, 5.74) is 0. The Balaban J connectivity index is 2.32. The zero-order valence-corrected chi connectivity index (χ0v) is 7.71. The van der Waals surface area contributed by atoms with Crippen molar-refractivity contribution in [2.24, 2.45) is 0 Å². The van der Waals surface area contributed by atoms with Crippen molar-refractivity contribution in [3.05, 3.63) is 60.2 Å². The standard InChI is InChI=1S/C12H7F2O/c13-10-7-4-8-11(14)12(10)15-9-5-2-1-3-6-9/h1-5,7-8H. The molecule has 0 bridgehead atoms. The van der Waals surface area contributed by atoms with E-state index in [0.717, 1.165) is 12.1 Å². The maximum Gasteiger partial charge on any atom is 0.198 e. The van der Waals surface area contributed by atoms with Gasteiger partial charge in [-0.05, 0) is 18.2 Å². The molecule has 2 aromatic rings. The molecule has 2 aromatic carbocycles. The summed E-state index contributed by atoms with van der Waals surface area (Å²) >= 11 is 0. The minimum absolute atomic E-state index is 0.279. The van der Waals surface area contributed by atoms with Gasteiger partial charge in [-0.1, -0.05) is 24.3 Å². The molecule has 0 fully saturated rings. The van der Waals surface area contributed by atoms with Gasteiger partial charge in [-0.2, -0.15) is 0 Å². The normalized spacial score (nSPS) is 10.0. The fourth-order valence-electron chi connectivity index (χ4n) is 1.13. The molecule has 75 valence electrons. The zero-order chi connectivity index (χ0) is 10.7. The highest BCUT2D eigenvalue weighted by atomic mass is 19.1. The van der Waals surface area contributed by atoms with Gasteiger partial charge in [0, 0.05) is 6.07 Å². The molecule has 1 nitrogen and oxygen atoms in total. The zero-order valence-electron chi connectivity index (χ0n) is 7.71. The second-order valence-electron chi connectivity index (χ2n) is 2.88. The van der Waals surface area contributed by atoms with E-state index in [2.05, 4.69) is 6.07 Å². The van der Waals surface area contributed by atoms with Crippen molar-refractivity contribution in [1.82, 2.24) is 0 Å². The topological polar surface area (TPSA) is 9.23 Å². The van der Waals surface area contributed by atoms with Gasteiger partial charge in [0.1, 0.15) is 5.75 Å². The Kier molecular flexibility index (Phi) is 2.63. The summed E-state index contributed by atoms with van der Waals surface area (Å²) in [7, 11) is 0. The molecule has 0 spiro atoms. The maximum absolute atomic E-state index is 13.2. The highest BCUT2D eigenvalue weighted by Gasteiger charge is 2.10. The Morgan fingerprint density at radius 3 is 2.27 bits per heavy atom. The van der Waals surface area contributed by atoms with Gasteiger partial charge in [0.25, 0.3) is 0 Å². The minimum atomic E-state index is -0.729. The minimum Gasteiger partial charge on any atom is -0.451 e. The van der Waals surface area contributed by atoms with Crippen LogP contribution in [0.5, 0.6) is 11.5 Å². The van der Waals surface area contributed by atoms with Crippen LogP contribution in [0.15, 0.2) is 42.5 Å². The third kappa shape index (κ3) is 2.13. The van der Waals surface area contributed by atoms with E-state index in [1.807, 2.05) is 0 Å². The van der Waals surface area contributed by atoms with E-state index >= 15 is 0 Å². The van der Waals surface area contributed by atoms with Gasteiger partial charge in [-0.3, -0.25) is 0 Å². The van der Waals surface area contributed by atoms with Gasteiger partial charge in [0.05, 0.1) is 0 Å². The molecule has 2 rings (SSSR count). The Labute approximate surface area is 85.9 Å². The fourth-order valence-corrected chi connectivity index (χ4v) is 1.13. The molecule has 0 heterocycles. The first-order valence-electron chi connectivity index (χ1n) is 4.36. The average Bonchev–Trinajstić information content (AvgIpc) is 2.25. The van der Waals surface area contributed by atoms with Crippen molar-refractivity contribution in [1.29, 1.82) is 0 Å². The Morgan fingerprint density at radius 1 is 0.933 bits per heavy atom. The van der Waals surface area contributed by atoms with Crippen molar-refractivity contribution in [2.75, 3.05) is 0 Å². The van der Waals surface area contributed by atoms with Crippen LogP contribution in [0.3, 0.4) is 0 Å². The second kappa shape index (κ2) is 4.09. The van der Waals surface area contributed by atoms with Gasteiger partial charge < -0.3 is 4.74 Å². The monoisotopic (exact) mass is 205 g/mol. The Morgan fingerprint density at radius 2 is 1.67 bits per heavy atom. The van der Waals surface area contributed by atoms with Crippen molar-refractivity contribution in [2.45, 2.75) is 0 Å². The van der Waals surface area contributed by atoms with Gasteiger partial charge in [-0.25, -0.2) is 8.78 Å². The van der Waals surface area contributed by atoms with E-state index < -0.39 is 17.4 Å². The van der Waals surface area contributed by atoms with E-state index in [1.54, 1.807) is 24.3 Å². The molecule has 0 atom stereocenters. The lowest BCUT2D eigenvalue weighted by Crippen LogP contribution is -1.91. The molecule has 0 saturated carbocycles. The molecule has 0 amide bonds. The summed E-state index contributed by atoms with van der Waals surface area (Å²) in [6.07, 6.45) is 0.